The van der Waals surface area contributed by atoms with Gasteiger partial charge in [0.1, 0.15) is 0 Å². The van der Waals surface area contributed by atoms with Crippen LogP contribution in [0.3, 0.4) is 0 Å². The van der Waals surface area contributed by atoms with Crippen LogP contribution < -0.4 is 5.32 Å². The number of nitrogens with one attached hydrogen (secondary N) is 1. The zero-order valence-corrected chi connectivity index (χ0v) is 12.1. The third-order valence-corrected chi connectivity index (χ3v) is 3.39. The maximum absolute atomic E-state index is 11.9. The van der Waals surface area contributed by atoms with Gasteiger partial charge >= 0.3 is 0 Å². The maximum atomic E-state index is 11.9. The van der Waals surface area contributed by atoms with Gasteiger partial charge in [0, 0.05) is 25.0 Å². The number of hydrogen-bond acceptors (Lipinski definition) is 2. The van der Waals surface area contributed by atoms with Crippen molar-refractivity contribution in [3.05, 3.63) is 0 Å². The first kappa shape index (κ1) is 15.0. The Kier molecular flexibility index (Phi) is 5.17. The zero-order chi connectivity index (χ0) is 13.8. The van der Waals surface area contributed by atoms with Gasteiger partial charge < -0.3 is 10.2 Å². The zero-order valence-electron chi connectivity index (χ0n) is 12.1. The van der Waals surface area contributed by atoms with Gasteiger partial charge in [-0.3, -0.25) is 9.59 Å². The minimum Gasteiger partial charge on any atom is -0.356 e. The predicted octanol–water partition coefficient (Wildman–Crippen LogP) is 1.94. The molecular weight excluding hydrogens is 228 g/mol. The Hall–Kier alpha value is -1.06. The maximum Gasteiger partial charge on any atom is 0.225 e. The summed E-state index contributed by atoms with van der Waals surface area (Å²) in [4.78, 5) is 25.6. The van der Waals surface area contributed by atoms with Gasteiger partial charge in [-0.15, -0.1) is 0 Å². The molecule has 0 aromatic heterocycles. The van der Waals surface area contributed by atoms with Crippen molar-refractivity contribution >= 4 is 11.8 Å². The number of nitrogens with zero attached hydrogens (tertiary/aromatic N) is 1. The molecule has 0 spiro atoms. The second-order valence-electron chi connectivity index (χ2n) is 6.07. The van der Waals surface area contributed by atoms with Crippen molar-refractivity contribution in [2.24, 2.45) is 5.92 Å². The van der Waals surface area contributed by atoms with E-state index in [2.05, 4.69) is 12.2 Å². The molecule has 2 amide bonds. The van der Waals surface area contributed by atoms with E-state index in [1.54, 1.807) is 0 Å². The first-order valence-electron chi connectivity index (χ1n) is 6.94. The van der Waals surface area contributed by atoms with E-state index in [0.717, 1.165) is 25.8 Å². The van der Waals surface area contributed by atoms with E-state index in [1.165, 1.54) is 0 Å². The lowest BCUT2D eigenvalue weighted by atomic mass is 10.1. The van der Waals surface area contributed by atoms with Crippen molar-refractivity contribution in [2.45, 2.75) is 58.9 Å². The molecule has 0 bridgehead atoms. The number of rotatable bonds is 5. The van der Waals surface area contributed by atoms with Crippen LogP contribution in [0.15, 0.2) is 0 Å². The summed E-state index contributed by atoms with van der Waals surface area (Å²) in [5.41, 5.74) is -0.186. The second-order valence-corrected chi connectivity index (χ2v) is 6.07. The quantitative estimate of drug-likeness (QED) is 0.762. The monoisotopic (exact) mass is 254 g/mol. The van der Waals surface area contributed by atoms with Gasteiger partial charge in [0.15, 0.2) is 0 Å². The Balaban J connectivity index is 2.41. The van der Waals surface area contributed by atoms with E-state index >= 15 is 0 Å². The second kappa shape index (κ2) is 6.21. The lowest BCUT2D eigenvalue weighted by Gasteiger charge is -2.31. The fraction of sp³-hybridized carbons (Fsp3) is 0.857. The predicted molar refractivity (Wildman–Crippen MR) is 72.1 cm³/mol. The van der Waals surface area contributed by atoms with Crippen LogP contribution in [0.25, 0.3) is 0 Å². The summed E-state index contributed by atoms with van der Waals surface area (Å²) < 4.78 is 0. The highest BCUT2D eigenvalue weighted by Gasteiger charge is 2.39. The number of carbonyl (C=O) groups excluding carboxylic acids is 2. The third kappa shape index (κ3) is 4.00. The van der Waals surface area contributed by atoms with Gasteiger partial charge in [-0.05, 0) is 27.2 Å². The lowest BCUT2D eigenvalue weighted by Crippen LogP contribution is -2.43. The fourth-order valence-electron chi connectivity index (χ4n) is 2.26. The average molecular weight is 254 g/mol. The van der Waals surface area contributed by atoms with Crippen LogP contribution >= 0.6 is 0 Å². The molecule has 1 rings (SSSR count). The van der Waals surface area contributed by atoms with Gasteiger partial charge in [0.25, 0.3) is 0 Å². The summed E-state index contributed by atoms with van der Waals surface area (Å²) in [6.07, 6.45) is 3.66. The van der Waals surface area contributed by atoms with Gasteiger partial charge in [0.2, 0.25) is 11.8 Å². The summed E-state index contributed by atoms with van der Waals surface area (Å²) in [6.45, 7) is 9.44. The molecular formula is C14H26N2O2. The molecule has 1 heterocycles. The molecule has 4 heteroatoms. The number of amides is 2. The Morgan fingerprint density at radius 3 is 2.56 bits per heavy atom. The lowest BCUT2D eigenvalue weighted by molar-refractivity contribution is -0.132. The van der Waals surface area contributed by atoms with Crippen molar-refractivity contribution in [2.75, 3.05) is 13.1 Å². The first-order valence-corrected chi connectivity index (χ1v) is 6.94. The van der Waals surface area contributed by atoms with Gasteiger partial charge in [-0.25, -0.2) is 0 Å². The van der Waals surface area contributed by atoms with Crippen molar-refractivity contribution in [1.82, 2.24) is 10.2 Å². The Labute approximate surface area is 110 Å². The molecule has 1 atom stereocenters. The molecule has 0 aromatic rings. The summed E-state index contributed by atoms with van der Waals surface area (Å²) in [5.74, 6) is -0.0410. The van der Waals surface area contributed by atoms with Crippen LogP contribution in [0.1, 0.15) is 53.4 Å². The number of likely N-dealkylation sites (tertiary alicyclic amines) is 1. The molecule has 1 N–H and O–H groups in total. The van der Waals surface area contributed by atoms with E-state index in [0.29, 0.717) is 13.0 Å². The highest BCUT2D eigenvalue weighted by Crippen LogP contribution is 2.25. The molecule has 0 aliphatic carbocycles. The number of unbranched alkanes of at least 4 members (excludes halogenated alkanes) is 2. The van der Waals surface area contributed by atoms with Gasteiger partial charge in [-0.2, -0.15) is 0 Å². The normalized spacial score (nSPS) is 20.3. The molecule has 1 saturated heterocycles. The van der Waals surface area contributed by atoms with Gasteiger partial charge in [-0.1, -0.05) is 19.8 Å². The van der Waals surface area contributed by atoms with Crippen LogP contribution in [0.2, 0.25) is 0 Å². The minimum atomic E-state index is -0.186. The van der Waals surface area contributed by atoms with Crippen molar-refractivity contribution in [3.8, 4) is 0 Å². The molecule has 1 aliphatic heterocycles. The summed E-state index contributed by atoms with van der Waals surface area (Å²) in [6, 6.07) is 0. The summed E-state index contributed by atoms with van der Waals surface area (Å²) in [7, 11) is 0. The van der Waals surface area contributed by atoms with Gasteiger partial charge in [0.05, 0.1) is 5.92 Å². The van der Waals surface area contributed by atoms with Crippen molar-refractivity contribution in [1.29, 1.82) is 0 Å². The molecule has 4 nitrogen and oxygen atoms in total. The van der Waals surface area contributed by atoms with Crippen molar-refractivity contribution < 1.29 is 9.59 Å². The third-order valence-electron chi connectivity index (χ3n) is 3.39. The molecule has 1 unspecified atom stereocenters. The smallest absolute Gasteiger partial charge is 0.225 e. The highest BCUT2D eigenvalue weighted by molar-refractivity contribution is 5.89. The van der Waals surface area contributed by atoms with E-state index in [4.69, 9.17) is 0 Å². The number of carbonyl (C=O) groups is 2. The van der Waals surface area contributed by atoms with E-state index < -0.39 is 0 Å². The topological polar surface area (TPSA) is 49.4 Å². The molecule has 0 radical (unpaired) electrons. The van der Waals surface area contributed by atoms with Crippen LogP contribution in [-0.2, 0) is 9.59 Å². The Morgan fingerprint density at radius 2 is 2.06 bits per heavy atom. The molecule has 0 saturated carbocycles. The SMILES string of the molecule is CCCCCNC(=O)C1CC(=O)N(C(C)(C)C)C1. The Morgan fingerprint density at radius 1 is 1.39 bits per heavy atom. The minimum absolute atomic E-state index is 0.0335. The Bertz CT molecular complexity index is 307. The number of hydrogen-bond donors (Lipinski definition) is 1. The van der Waals surface area contributed by atoms with Crippen LogP contribution in [-0.4, -0.2) is 35.3 Å². The standard InChI is InChI=1S/C14H26N2O2/c1-5-6-7-8-15-13(18)11-9-12(17)16(10-11)14(2,3)4/h11H,5-10H2,1-4H3,(H,15,18). The summed E-state index contributed by atoms with van der Waals surface area (Å²) in [5, 5.41) is 2.93. The largest absolute Gasteiger partial charge is 0.356 e. The van der Waals surface area contributed by atoms with E-state index in [1.807, 2.05) is 25.7 Å². The molecule has 104 valence electrons. The summed E-state index contributed by atoms with van der Waals surface area (Å²) >= 11 is 0. The van der Waals surface area contributed by atoms with E-state index in [9.17, 15) is 9.59 Å². The molecule has 0 aromatic carbocycles. The first-order chi connectivity index (χ1) is 8.36. The van der Waals surface area contributed by atoms with E-state index in [-0.39, 0.29) is 23.3 Å². The molecule has 18 heavy (non-hydrogen) atoms. The van der Waals surface area contributed by atoms with Crippen molar-refractivity contribution in [3.63, 3.8) is 0 Å². The van der Waals surface area contributed by atoms with Crippen LogP contribution in [0.4, 0.5) is 0 Å². The highest BCUT2D eigenvalue weighted by atomic mass is 16.2. The van der Waals surface area contributed by atoms with Crippen LogP contribution in [0, 0.1) is 5.92 Å². The van der Waals surface area contributed by atoms with Crippen LogP contribution in [0.5, 0.6) is 0 Å². The fourth-order valence-corrected chi connectivity index (χ4v) is 2.26. The average Bonchev–Trinajstić information content (AvgIpc) is 2.66. The molecule has 1 aliphatic rings. The molecule has 1 fully saturated rings.